The van der Waals surface area contributed by atoms with Crippen molar-refractivity contribution in [2.45, 2.75) is 26.8 Å². The molecule has 0 saturated heterocycles. The lowest BCUT2D eigenvalue weighted by Gasteiger charge is -2.13. The molecular formula is C22H24N4O4. The van der Waals surface area contributed by atoms with E-state index in [2.05, 4.69) is 15.6 Å². The van der Waals surface area contributed by atoms with Crippen LogP contribution >= 0.6 is 0 Å². The van der Waals surface area contributed by atoms with Gasteiger partial charge in [-0.15, -0.1) is 0 Å². The number of pyridine rings is 2. The summed E-state index contributed by atoms with van der Waals surface area (Å²) in [5.74, 6) is -0.123. The number of fused-ring (bicyclic) bond motifs is 1. The van der Waals surface area contributed by atoms with Gasteiger partial charge in [0, 0.05) is 24.1 Å². The molecular weight excluding hydrogens is 384 g/mol. The molecule has 3 aromatic rings. The van der Waals surface area contributed by atoms with E-state index in [0.29, 0.717) is 29.3 Å². The summed E-state index contributed by atoms with van der Waals surface area (Å²) in [6.45, 7) is 4.27. The van der Waals surface area contributed by atoms with E-state index in [-0.39, 0.29) is 23.4 Å². The Morgan fingerprint density at radius 3 is 2.53 bits per heavy atom. The normalized spacial score (nSPS) is 10.6. The van der Waals surface area contributed by atoms with Gasteiger partial charge in [0.2, 0.25) is 11.3 Å². The van der Waals surface area contributed by atoms with E-state index in [1.807, 2.05) is 6.92 Å². The summed E-state index contributed by atoms with van der Waals surface area (Å²) in [5, 5.41) is 5.79. The summed E-state index contributed by atoms with van der Waals surface area (Å²) in [6, 6.07) is 10.1. The van der Waals surface area contributed by atoms with E-state index in [4.69, 9.17) is 4.74 Å². The largest absolute Gasteiger partial charge is 0.497 e. The molecule has 0 spiro atoms. The monoisotopic (exact) mass is 408 g/mol. The van der Waals surface area contributed by atoms with Crippen molar-refractivity contribution in [1.82, 2.24) is 14.9 Å². The molecule has 0 aliphatic carbocycles. The molecule has 8 nitrogen and oxygen atoms in total. The van der Waals surface area contributed by atoms with Crippen LogP contribution in [0.25, 0.3) is 11.0 Å². The quantitative estimate of drug-likeness (QED) is 0.625. The van der Waals surface area contributed by atoms with Crippen LogP contribution in [-0.4, -0.2) is 35.0 Å². The fourth-order valence-electron chi connectivity index (χ4n) is 2.99. The van der Waals surface area contributed by atoms with Crippen LogP contribution in [0.4, 0.5) is 5.69 Å². The summed E-state index contributed by atoms with van der Waals surface area (Å²) in [6.07, 6.45) is 2.20. The maximum atomic E-state index is 12.9. The minimum atomic E-state index is -0.560. The third-order valence-electron chi connectivity index (χ3n) is 4.54. The van der Waals surface area contributed by atoms with Crippen LogP contribution in [0.15, 0.2) is 47.4 Å². The van der Waals surface area contributed by atoms with Gasteiger partial charge in [0.15, 0.2) is 0 Å². The molecule has 2 heterocycles. The van der Waals surface area contributed by atoms with Gasteiger partial charge < -0.3 is 19.9 Å². The molecule has 8 heteroatoms. The van der Waals surface area contributed by atoms with Crippen molar-refractivity contribution in [3.8, 4) is 5.75 Å². The highest BCUT2D eigenvalue weighted by Gasteiger charge is 2.18. The highest BCUT2D eigenvalue weighted by Crippen LogP contribution is 2.16. The number of nitrogens with zero attached hydrogens (tertiary/aromatic N) is 2. The predicted octanol–water partition coefficient (Wildman–Crippen LogP) is 2.49. The number of nitrogens with one attached hydrogen (secondary N) is 2. The Morgan fingerprint density at radius 2 is 1.87 bits per heavy atom. The lowest BCUT2D eigenvalue weighted by atomic mass is 10.1. The highest BCUT2D eigenvalue weighted by molar-refractivity contribution is 6.05. The molecule has 2 N–H and O–H groups in total. The van der Waals surface area contributed by atoms with E-state index in [1.54, 1.807) is 50.4 Å². The molecule has 0 saturated carbocycles. The number of hydrogen-bond acceptors (Lipinski definition) is 5. The predicted molar refractivity (Wildman–Crippen MR) is 115 cm³/mol. The standard InChI is InChI=1S/C22H24N4O4/c1-4-11-23-19(27)13-26-12-18(20(28)17-10-5-14(2)24-21(17)26)22(29)25-15-6-8-16(30-3)9-7-15/h5-10,12H,4,11,13H2,1-3H3,(H,23,27)(H,25,29). The molecule has 0 aliphatic rings. The van der Waals surface area contributed by atoms with E-state index < -0.39 is 11.3 Å². The fourth-order valence-corrected chi connectivity index (χ4v) is 2.99. The minimum absolute atomic E-state index is 0.0456. The van der Waals surface area contributed by atoms with Crippen LogP contribution in [-0.2, 0) is 11.3 Å². The molecule has 156 valence electrons. The molecule has 2 aromatic heterocycles. The molecule has 30 heavy (non-hydrogen) atoms. The summed E-state index contributed by atoms with van der Waals surface area (Å²) < 4.78 is 6.64. The number of aryl methyl sites for hydroxylation is 1. The smallest absolute Gasteiger partial charge is 0.261 e. The van der Waals surface area contributed by atoms with Gasteiger partial charge in [0.25, 0.3) is 5.91 Å². The van der Waals surface area contributed by atoms with E-state index >= 15 is 0 Å². The van der Waals surface area contributed by atoms with Crippen LogP contribution in [0.1, 0.15) is 29.4 Å². The molecule has 1 aromatic carbocycles. The number of rotatable bonds is 7. The van der Waals surface area contributed by atoms with Crippen LogP contribution in [0, 0.1) is 6.92 Å². The number of carbonyl (C=O) groups is 2. The van der Waals surface area contributed by atoms with Gasteiger partial charge in [-0.05, 0) is 49.7 Å². The topological polar surface area (TPSA) is 102 Å². The van der Waals surface area contributed by atoms with Crippen LogP contribution in [0.3, 0.4) is 0 Å². The van der Waals surface area contributed by atoms with Gasteiger partial charge in [0.1, 0.15) is 23.5 Å². The molecule has 0 aliphatic heterocycles. The second-order valence-electron chi connectivity index (χ2n) is 6.86. The van der Waals surface area contributed by atoms with Crippen molar-refractivity contribution in [2.75, 3.05) is 19.0 Å². The van der Waals surface area contributed by atoms with Crippen LogP contribution in [0.5, 0.6) is 5.75 Å². The Balaban J connectivity index is 1.99. The molecule has 2 amide bonds. The van der Waals surface area contributed by atoms with Gasteiger partial charge in [-0.25, -0.2) is 4.98 Å². The number of ether oxygens (including phenoxy) is 1. The minimum Gasteiger partial charge on any atom is -0.497 e. The number of aromatic nitrogens is 2. The van der Waals surface area contributed by atoms with E-state index in [9.17, 15) is 14.4 Å². The summed E-state index contributed by atoms with van der Waals surface area (Å²) in [5.41, 5.74) is 1.10. The second kappa shape index (κ2) is 9.21. The van der Waals surface area contributed by atoms with Crippen LogP contribution < -0.4 is 20.8 Å². The molecule has 0 fully saturated rings. The van der Waals surface area contributed by atoms with Crippen molar-refractivity contribution >= 4 is 28.5 Å². The maximum Gasteiger partial charge on any atom is 0.261 e. The van der Waals surface area contributed by atoms with Gasteiger partial charge in [-0.3, -0.25) is 14.4 Å². The number of anilines is 1. The van der Waals surface area contributed by atoms with Crippen LogP contribution in [0.2, 0.25) is 0 Å². The number of amides is 2. The van der Waals surface area contributed by atoms with Crippen molar-refractivity contribution in [3.05, 3.63) is 64.1 Å². The van der Waals surface area contributed by atoms with Crippen molar-refractivity contribution in [1.29, 1.82) is 0 Å². The molecule has 0 bridgehead atoms. The highest BCUT2D eigenvalue weighted by atomic mass is 16.5. The number of carbonyl (C=O) groups excluding carboxylic acids is 2. The average molecular weight is 408 g/mol. The molecule has 0 radical (unpaired) electrons. The number of hydrogen-bond donors (Lipinski definition) is 2. The summed E-state index contributed by atoms with van der Waals surface area (Å²) >= 11 is 0. The van der Waals surface area contributed by atoms with E-state index in [1.165, 1.54) is 10.8 Å². The third kappa shape index (κ3) is 4.65. The maximum absolute atomic E-state index is 12.9. The second-order valence-corrected chi connectivity index (χ2v) is 6.86. The zero-order chi connectivity index (χ0) is 21.7. The first kappa shape index (κ1) is 21.0. The Hall–Kier alpha value is -3.68. The van der Waals surface area contributed by atoms with Crippen molar-refractivity contribution in [2.24, 2.45) is 0 Å². The molecule has 0 atom stereocenters. The van der Waals surface area contributed by atoms with Gasteiger partial charge >= 0.3 is 0 Å². The molecule has 0 unspecified atom stereocenters. The lowest BCUT2D eigenvalue weighted by molar-refractivity contribution is -0.121. The zero-order valence-corrected chi connectivity index (χ0v) is 17.2. The average Bonchev–Trinajstić information content (AvgIpc) is 2.74. The van der Waals surface area contributed by atoms with Gasteiger partial charge in [-0.2, -0.15) is 0 Å². The van der Waals surface area contributed by atoms with E-state index in [0.717, 1.165) is 6.42 Å². The summed E-state index contributed by atoms with van der Waals surface area (Å²) in [4.78, 5) is 42.5. The van der Waals surface area contributed by atoms with Gasteiger partial charge in [-0.1, -0.05) is 6.92 Å². The first-order valence-corrected chi connectivity index (χ1v) is 9.65. The van der Waals surface area contributed by atoms with Gasteiger partial charge in [0.05, 0.1) is 12.5 Å². The SMILES string of the molecule is CCCNC(=O)Cn1cc(C(=O)Nc2ccc(OC)cc2)c(=O)c2ccc(C)nc21. The number of methoxy groups -OCH3 is 1. The first-order valence-electron chi connectivity index (χ1n) is 9.65. The van der Waals surface area contributed by atoms with Crippen molar-refractivity contribution in [3.63, 3.8) is 0 Å². The third-order valence-corrected chi connectivity index (χ3v) is 4.54. The lowest BCUT2D eigenvalue weighted by Crippen LogP contribution is -2.30. The summed E-state index contributed by atoms with van der Waals surface area (Å²) in [7, 11) is 1.55. The molecule has 3 rings (SSSR count). The fraction of sp³-hybridized carbons (Fsp3) is 0.273. The Bertz CT molecular complexity index is 1140. The Labute approximate surface area is 173 Å². The first-order chi connectivity index (χ1) is 14.4. The zero-order valence-electron chi connectivity index (χ0n) is 17.2. The van der Waals surface area contributed by atoms with Crippen molar-refractivity contribution < 1.29 is 14.3 Å². The number of benzene rings is 1. The Kier molecular flexibility index (Phi) is 6.46. The Morgan fingerprint density at radius 1 is 1.13 bits per heavy atom.